The fourth-order valence-electron chi connectivity index (χ4n) is 1.51. The number of hydrogen-bond donors (Lipinski definition) is 1. The molecule has 2 aromatic rings. The number of rotatable bonds is 2. The van der Waals surface area contributed by atoms with Crippen LogP contribution in [0.3, 0.4) is 0 Å². The Morgan fingerprint density at radius 3 is 2.71 bits per heavy atom. The fraction of sp³-hybridized carbons (Fsp3) is 0.200. The molecule has 0 amide bonds. The highest BCUT2D eigenvalue weighted by atomic mass is 79.9. The maximum atomic E-state index is 13.8. The Kier molecular flexibility index (Phi) is 3.60. The maximum absolute atomic E-state index is 13.8. The maximum Gasteiger partial charge on any atom is 0.154 e. The van der Waals surface area contributed by atoms with Gasteiger partial charge < -0.3 is 5.11 Å². The number of aryl methyl sites for hydroxylation is 1. The first-order valence-corrected chi connectivity index (χ1v) is 6.28. The van der Waals surface area contributed by atoms with Crippen LogP contribution < -0.4 is 0 Å². The molecule has 7 heteroatoms. The molecule has 2 rings (SSSR count). The van der Waals surface area contributed by atoms with Crippen LogP contribution in [0.1, 0.15) is 17.4 Å². The van der Waals surface area contributed by atoms with Crippen molar-refractivity contribution in [1.29, 1.82) is 0 Å². The second kappa shape index (κ2) is 4.83. The van der Waals surface area contributed by atoms with E-state index >= 15 is 0 Å². The standard InChI is InChI=1S/C10H8Br2FN3O/c1-16-8(10(12)14-15-16)9(17)5-3-2-4-6(11)7(5)13/h2-4,9,17H,1H3. The van der Waals surface area contributed by atoms with Gasteiger partial charge in [0.15, 0.2) is 4.60 Å². The van der Waals surface area contributed by atoms with Crippen LogP contribution in [0.15, 0.2) is 27.3 Å². The van der Waals surface area contributed by atoms with Crippen LogP contribution in [0.25, 0.3) is 0 Å². The summed E-state index contributed by atoms with van der Waals surface area (Å²) in [7, 11) is 1.63. The van der Waals surface area contributed by atoms with Gasteiger partial charge in [-0.2, -0.15) is 0 Å². The molecule has 90 valence electrons. The lowest BCUT2D eigenvalue weighted by atomic mass is 10.1. The number of halogens is 3. The van der Waals surface area contributed by atoms with Gasteiger partial charge in [0.25, 0.3) is 0 Å². The average molecular weight is 365 g/mol. The normalized spacial score (nSPS) is 12.8. The smallest absolute Gasteiger partial charge is 0.154 e. The highest BCUT2D eigenvalue weighted by Crippen LogP contribution is 2.30. The van der Waals surface area contributed by atoms with Gasteiger partial charge in [-0.05, 0) is 37.9 Å². The van der Waals surface area contributed by atoms with Gasteiger partial charge in [-0.25, -0.2) is 9.07 Å². The molecule has 0 radical (unpaired) electrons. The largest absolute Gasteiger partial charge is 0.382 e. The van der Waals surface area contributed by atoms with Gasteiger partial charge in [-0.15, -0.1) is 5.10 Å². The van der Waals surface area contributed by atoms with Crippen LogP contribution in [0, 0.1) is 5.82 Å². The Labute approximate surface area is 114 Å². The first-order chi connectivity index (χ1) is 8.02. The Bertz CT molecular complexity index is 539. The van der Waals surface area contributed by atoms with E-state index in [9.17, 15) is 9.50 Å². The summed E-state index contributed by atoms with van der Waals surface area (Å²) in [6, 6.07) is 4.75. The number of nitrogens with zero attached hydrogens (tertiary/aromatic N) is 3. The Morgan fingerprint density at radius 1 is 1.41 bits per heavy atom. The molecule has 1 N–H and O–H groups in total. The van der Waals surface area contributed by atoms with E-state index in [-0.39, 0.29) is 5.56 Å². The second-order valence-electron chi connectivity index (χ2n) is 3.43. The third-order valence-electron chi connectivity index (χ3n) is 2.36. The van der Waals surface area contributed by atoms with Crippen molar-refractivity contribution < 1.29 is 9.50 Å². The Balaban J connectivity index is 2.51. The summed E-state index contributed by atoms with van der Waals surface area (Å²) in [6.07, 6.45) is -1.12. The van der Waals surface area contributed by atoms with Crippen molar-refractivity contribution in [3.05, 3.63) is 44.3 Å². The minimum Gasteiger partial charge on any atom is -0.382 e. The fourth-order valence-corrected chi connectivity index (χ4v) is 2.43. The molecule has 0 aliphatic rings. The summed E-state index contributed by atoms with van der Waals surface area (Å²) in [4.78, 5) is 0. The van der Waals surface area contributed by atoms with Crippen molar-refractivity contribution in [2.75, 3.05) is 0 Å². The van der Waals surface area contributed by atoms with Crippen molar-refractivity contribution in [3.8, 4) is 0 Å². The summed E-state index contributed by atoms with van der Waals surface area (Å²) in [5.74, 6) is -0.492. The second-order valence-corrected chi connectivity index (χ2v) is 5.04. The molecule has 1 atom stereocenters. The number of aromatic nitrogens is 3. The highest BCUT2D eigenvalue weighted by Gasteiger charge is 2.23. The van der Waals surface area contributed by atoms with Crippen LogP contribution in [-0.2, 0) is 7.05 Å². The molecule has 0 saturated heterocycles. The minimum atomic E-state index is -1.12. The molecule has 0 aliphatic carbocycles. The van der Waals surface area contributed by atoms with E-state index in [1.807, 2.05) is 0 Å². The SMILES string of the molecule is Cn1nnc(Br)c1C(O)c1cccc(Br)c1F. The van der Waals surface area contributed by atoms with E-state index in [1.165, 1.54) is 10.7 Å². The molecule has 17 heavy (non-hydrogen) atoms. The van der Waals surface area contributed by atoms with E-state index in [4.69, 9.17) is 0 Å². The van der Waals surface area contributed by atoms with E-state index in [2.05, 4.69) is 42.2 Å². The average Bonchev–Trinajstić information content (AvgIpc) is 2.62. The molecule has 0 aliphatic heterocycles. The molecule has 1 aromatic carbocycles. The van der Waals surface area contributed by atoms with Crippen molar-refractivity contribution in [2.24, 2.45) is 7.05 Å². The molecular formula is C10H8Br2FN3O. The zero-order valence-corrected chi connectivity index (χ0v) is 11.9. The van der Waals surface area contributed by atoms with Crippen molar-refractivity contribution in [2.45, 2.75) is 6.10 Å². The highest BCUT2D eigenvalue weighted by molar-refractivity contribution is 9.10. The van der Waals surface area contributed by atoms with E-state index < -0.39 is 11.9 Å². The number of benzene rings is 1. The van der Waals surface area contributed by atoms with Crippen LogP contribution in [-0.4, -0.2) is 20.1 Å². The Morgan fingerprint density at radius 2 is 2.12 bits per heavy atom. The van der Waals surface area contributed by atoms with Crippen molar-refractivity contribution >= 4 is 31.9 Å². The van der Waals surface area contributed by atoms with Crippen LogP contribution in [0.5, 0.6) is 0 Å². The molecule has 0 fully saturated rings. The third kappa shape index (κ3) is 2.27. The zero-order valence-electron chi connectivity index (χ0n) is 8.73. The first kappa shape index (κ1) is 12.7. The molecule has 0 bridgehead atoms. The van der Waals surface area contributed by atoms with Crippen molar-refractivity contribution in [3.63, 3.8) is 0 Å². The van der Waals surface area contributed by atoms with E-state index in [0.29, 0.717) is 14.8 Å². The first-order valence-electron chi connectivity index (χ1n) is 4.69. The topological polar surface area (TPSA) is 50.9 Å². The predicted octanol–water partition coefficient (Wildman–Crippen LogP) is 2.56. The third-order valence-corrected chi connectivity index (χ3v) is 3.54. The zero-order chi connectivity index (χ0) is 12.6. The lowest BCUT2D eigenvalue weighted by molar-refractivity contribution is 0.203. The molecule has 1 heterocycles. The molecular weight excluding hydrogens is 357 g/mol. The monoisotopic (exact) mass is 363 g/mol. The van der Waals surface area contributed by atoms with E-state index in [1.54, 1.807) is 19.2 Å². The predicted molar refractivity (Wildman–Crippen MR) is 66.9 cm³/mol. The molecule has 1 aromatic heterocycles. The lowest BCUT2D eigenvalue weighted by Crippen LogP contribution is -2.09. The summed E-state index contributed by atoms with van der Waals surface area (Å²) < 4.78 is 15.9. The lowest BCUT2D eigenvalue weighted by Gasteiger charge is -2.12. The number of hydrogen-bond acceptors (Lipinski definition) is 3. The van der Waals surface area contributed by atoms with Crippen molar-refractivity contribution in [1.82, 2.24) is 15.0 Å². The van der Waals surface area contributed by atoms with Gasteiger partial charge in [-0.3, -0.25) is 0 Å². The van der Waals surface area contributed by atoms with Crippen LogP contribution >= 0.6 is 31.9 Å². The molecule has 1 unspecified atom stereocenters. The summed E-state index contributed by atoms with van der Waals surface area (Å²) in [5, 5.41) is 17.6. The van der Waals surface area contributed by atoms with Gasteiger partial charge in [0.1, 0.15) is 17.6 Å². The van der Waals surface area contributed by atoms with Gasteiger partial charge in [0, 0.05) is 12.6 Å². The summed E-state index contributed by atoms with van der Waals surface area (Å²) in [6.45, 7) is 0. The van der Waals surface area contributed by atoms with Gasteiger partial charge >= 0.3 is 0 Å². The molecule has 4 nitrogen and oxygen atoms in total. The molecule has 0 spiro atoms. The quantitative estimate of drug-likeness (QED) is 0.890. The van der Waals surface area contributed by atoms with Crippen LogP contribution in [0.4, 0.5) is 4.39 Å². The minimum absolute atomic E-state index is 0.172. The summed E-state index contributed by atoms with van der Waals surface area (Å²) >= 11 is 6.25. The van der Waals surface area contributed by atoms with Gasteiger partial charge in [0.05, 0.1) is 4.47 Å². The van der Waals surface area contributed by atoms with E-state index in [0.717, 1.165) is 0 Å². The van der Waals surface area contributed by atoms with Gasteiger partial charge in [-0.1, -0.05) is 17.3 Å². The Hall–Kier alpha value is -0.790. The number of aliphatic hydroxyl groups is 1. The summed E-state index contributed by atoms with van der Waals surface area (Å²) in [5.41, 5.74) is 0.576. The number of aliphatic hydroxyl groups excluding tert-OH is 1. The molecule has 0 saturated carbocycles. The van der Waals surface area contributed by atoms with Crippen LogP contribution in [0.2, 0.25) is 0 Å². The van der Waals surface area contributed by atoms with Gasteiger partial charge in [0.2, 0.25) is 0 Å².